The van der Waals surface area contributed by atoms with Gasteiger partial charge in [0.25, 0.3) is 8.32 Å². The van der Waals surface area contributed by atoms with Crippen LogP contribution in [0.25, 0.3) is 0 Å². The number of aliphatic hydroxyl groups is 1. The Labute approximate surface area is 146 Å². The van der Waals surface area contributed by atoms with Crippen LogP contribution in [-0.4, -0.2) is 25.6 Å². The van der Waals surface area contributed by atoms with Crippen LogP contribution in [0.5, 0.6) is 0 Å². The van der Waals surface area contributed by atoms with E-state index in [1.165, 1.54) is 10.4 Å². The van der Waals surface area contributed by atoms with Gasteiger partial charge >= 0.3 is 0 Å². The molecule has 1 saturated carbocycles. The van der Waals surface area contributed by atoms with Gasteiger partial charge in [-0.3, -0.25) is 0 Å². The first-order chi connectivity index (χ1) is 11.4. The van der Waals surface area contributed by atoms with E-state index >= 15 is 0 Å². The average molecular weight is 341 g/mol. The van der Waals surface area contributed by atoms with Crippen LogP contribution in [0, 0.1) is 0 Å². The van der Waals surface area contributed by atoms with Crippen LogP contribution in [0.1, 0.15) is 40.0 Å². The highest BCUT2D eigenvalue weighted by molar-refractivity contribution is 6.99. The molecule has 0 saturated heterocycles. The average Bonchev–Trinajstić information content (AvgIpc) is 2.98. The van der Waals surface area contributed by atoms with Crippen molar-refractivity contribution in [3.63, 3.8) is 0 Å². The van der Waals surface area contributed by atoms with Gasteiger partial charge in [0.1, 0.15) is 0 Å². The van der Waals surface area contributed by atoms with E-state index in [0.29, 0.717) is 0 Å². The second kappa shape index (κ2) is 6.83. The van der Waals surface area contributed by atoms with Crippen LogP contribution in [0.4, 0.5) is 0 Å². The van der Waals surface area contributed by atoms with E-state index in [4.69, 9.17) is 4.43 Å². The van der Waals surface area contributed by atoms with Crippen molar-refractivity contribution in [1.29, 1.82) is 0 Å². The first-order valence-electron chi connectivity index (χ1n) is 8.92. The molecule has 3 rings (SSSR count). The van der Waals surface area contributed by atoms with Gasteiger partial charge in [0, 0.05) is 0 Å². The van der Waals surface area contributed by atoms with Gasteiger partial charge in [-0.1, -0.05) is 81.4 Å². The molecule has 1 N–H and O–H groups in total. The van der Waals surface area contributed by atoms with Gasteiger partial charge in [0.05, 0.1) is 12.2 Å². The van der Waals surface area contributed by atoms with E-state index in [9.17, 15) is 5.11 Å². The third-order valence-electron chi connectivity index (χ3n) is 5.16. The highest BCUT2D eigenvalue weighted by Gasteiger charge is 2.52. The molecule has 2 aromatic rings. The van der Waals surface area contributed by atoms with Crippen molar-refractivity contribution in [2.75, 3.05) is 0 Å². The minimum Gasteiger partial charge on any atom is -0.402 e. The molecular weight excluding hydrogens is 312 g/mol. The molecule has 2 atom stereocenters. The molecule has 0 radical (unpaired) electrons. The normalized spacial score (nSPS) is 21.8. The highest BCUT2D eigenvalue weighted by atomic mass is 28.4. The third kappa shape index (κ3) is 3.08. The maximum absolute atomic E-state index is 10.4. The number of benzene rings is 2. The number of aliphatic hydroxyl groups excluding tert-OH is 1. The number of hydrogen-bond donors (Lipinski definition) is 1. The van der Waals surface area contributed by atoms with Crippen LogP contribution in [0.15, 0.2) is 60.7 Å². The van der Waals surface area contributed by atoms with E-state index < -0.39 is 8.32 Å². The molecule has 0 spiro atoms. The second-order valence-corrected chi connectivity index (χ2v) is 12.1. The van der Waals surface area contributed by atoms with Crippen LogP contribution in [0.3, 0.4) is 0 Å². The van der Waals surface area contributed by atoms with E-state index in [2.05, 4.69) is 81.4 Å². The Balaban J connectivity index is 2.17. The zero-order valence-electron chi connectivity index (χ0n) is 14.9. The lowest BCUT2D eigenvalue weighted by Crippen LogP contribution is -2.68. The van der Waals surface area contributed by atoms with E-state index in [-0.39, 0.29) is 17.2 Å². The largest absolute Gasteiger partial charge is 0.402 e. The van der Waals surface area contributed by atoms with Crippen molar-refractivity contribution in [3.05, 3.63) is 60.7 Å². The Morgan fingerprint density at radius 1 is 0.875 bits per heavy atom. The van der Waals surface area contributed by atoms with Gasteiger partial charge < -0.3 is 9.53 Å². The molecule has 1 fully saturated rings. The second-order valence-electron chi connectivity index (χ2n) is 7.82. The summed E-state index contributed by atoms with van der Waals surface area (Å²) < 4.78 is 6.94. The van der Waals surface area contributed by atoms with Crippen molar-refractivity contribution in [3.8, 4) is 0 Å². The van der Waals surface area contributed by atoms with E-state index in [0.717, 1.165) is 19.3 Å². The molecule has 2 unspecified atom stereocenters. The smallest absolute Gasteiger partial charge is 0.261 e. The molecule has 24 heavy (non-hydrogen) atoms. The predicted molar refractivity (Wildman–Crippen MR) is 102 cm³/mol. The van der Waals surface area contributed by atoms with Crippen LogP contribution >= 0.6 is 0 Å². The summed E-state index contributed by atoms with van der Waals surface area (Å²) in [5, 5.41) is 12.9. The van der Waals surface area contributed by atoms with Gasteiger partial charge in [0.2, 0.25) is 0 Å². The summed E-state index contributed by atoms with van der Waals surface area (Å²) in [6.07, 6.45) is 2.45. The van der Waals surface area contributed by atoms with Crippen LogP contribution < -0.4 is 10.4 Å². The van der Waals surface area contributed by atoms with Crippen molar-refractivity contribution < 1.29 is 9.53 Å². The lowest BCUT2D eigenvalue weighted by molar-refractivity contribution is 0.0539. The van der Waals surface area contributed by atoms with Crippen molar-refractivity contribution in [2.45, 2.75) is 57.3 Å². The lowest BCUT2D eigenvalue weighted by Gasteiger charge is -2.45. The number of rotatable bonds is 4. The quantitative estimate of drug-likeness (QED) is 0.864. The first kappa shape index (κ1) is 17.4. The van der Waals surface area contributed by atoms with E-state index in [1.807, 2.05) is 0 Å². The van der Waals surface area contributed by atoms with Gasteiger partial charge in [-0.25, -0.2) is 0 Å². The lowest BCUT2D eigenvalue weighted by atomic mass is 10.2. The van der Waals surface area contributed by atoms with Crippen molar-refractivity contribution in [2.24, 2.45) is 0 Å². The third-order valence-corrected chi connectivity index (χ3v) is 10.2. The van der Waals surface area contributed by atoms with E-state index in [1.54, 1.807) is 0 Å². The summed E-state index contributed by atoms with van der Waals surface area (Å²) >= 11 is 0. The minimum atomic E-state index is -2.52. The minimum absolute atomic E-state index is 0.0297. The monoisotopic (exact) mass is 340 g/mol. The summed E-state index contributed by atoms with van der Waals surface area (Å²) in [4.78, 5) is 0. The molecule has 0 amide bonds. The number of hydrogen-bond acceptors (Lipinski definition) is 2. The summed E-state index contributed by atoms with van der Waals surface area (Å²) in [5.74, 6) is 0. The Kier molecular flexibility index (Phi) is 4.95. The molecule has 0 bridgehead atoms. The summed E-state index contributed by atoms with van der Waals surface area (Å²) in [6.45, 7) is 6.83. The predicted octanol–water partition coefficient (Wildman–Crippen LogP) is 3.48. The topological polar surface area (TPSA) is 29.5 Å². The van der Waals surface area contributed by atoms with Gasteiger partial charge in [0.15, 0.2) is 0 Å². The molecule has 1 aliphatic rings. The van der Waals surface area contributed by atoms with Gasteiger partial charge in [-0.2, -0.15) is 0 Å². The molecule has 3 heteroatoms. The highest BCUT2D eigenvalue weighted by Crippen LogP contribution is 2.39. The van der Waals surface area contributed by atoms with Crippen molar-refractivity contribution in [1.82, 2.24) is 0 Å². The summed E-state index contributed by atoms with van der Waals surface area (Å²) in [5.41, 5.74) is 0. The summed E-state index contributed by atoms with van der Waals surface area (Å²) in [6, 6.07) is 21.3. The molecule has 0 aromatic heterocycles. The summed E-state index contributed by atoms with van der Waals surface area (Å²) in [7, 11) is -2.52. The maximum atomic E-state index is 10.4. The molecule has 2 nitrogen and oxygen atoms in total. The molecular formula is C21H28O2Si. The SMILES string of the molecule is CC(C)(C)[Si](OC1CCCC1O)(c1ccccc1)c1ccccc1. The van der Waals surface area contributed by atoms with Gasteiger partial charge in [-0.15, -0.1) is 0 Å². The maximum Gasteiger partial charge on any atom is 0.261 e. The zero-order chi connectivity index (χ0) is 17.2. The van der Waals surface area contributed by atoms with Crippen molar-refractivity contribution >= 4 is 18.7 Å². The van der Waals surface area contributed by atoms with Crippen LogP contribution in [0.2, 0.25) is 5.04 Å². The fourth-order valence-corrected chi connectivity index (χ4v) is 8.71. The Bertz CT molecular complexity index is 609. The van der Waals surface area contributed by atoms with Gasteiger partial charge in [-0.05, 0) is 34.7 Å². The molecule has 0 aliphatic heterocycles. The molecule has 128 valence electrons. The van der Waals surface area contributed by atoms with Crippen LogP contribution in [-0.2, 0) is 4.43 Å². The Morgan fingerprint density at radius 3 is 1.75 bits per heavy atom. The Hall–Kier alpha value is -1.42. The molecule has 0 heterocycles. The molecule has 2 aromatic carbocycles. The standard InChI is InChI=1S/C21H28O2Si/c1-21(2,3)24(17-11-6-4-7-12-17,18-13-8-5-9-14-18)23-20-16-10-15-19(20)22/h4-9,11-14,19-20,22H,10,15-16H2,1-3H3. The first-order valence-corrected chi connectivity index (χ1v) is 10.8. The fraction of sp³-hybridized carbons (Fsp3) is 0.429. The molecule has 1 aliphatic carbocycles. The fourth-order valence-electron chi connectivity index (χ4n) is 3.96. The Morgan fingerprint density at radius 2 is 1.38 bits per heavy atom. The zero-order valence-corrected chi connectivity index (χ0v) is 15.9.